The SMILES string of the molecule is C[C@@H]1CCCn2cnnc2-c2cccc(n2)NC(=O)c2cc(N3CCOCC3)ccc2O1. The van der Waals surface area contributed by atoms with Crippen molar-refractivity contribution in [2.45, 2.75) is 32.4 Å². The van der Waals surface area contributed by atoms with E-state index in [4.69, 9.17) is 9.47 Å². The molecule has 0 aliphatic carbocycles. The van der Waals surface area contributed by atoms with Crippen molar-refractivity contribution in [3.63, 3.8) is 0 Å². The molecule has 0 spiro atoms. The minimum absolute atomic E-state index is 0.0467. The Hall–Kier alpha value is -3.46. The van der Waals surface area contributed by atoms with Crippen molar-refractivity contribution in [2.75, 3.05) is 36.5 Å². The van der Waals surface area contributed by atoms with Crippen LogP contribution in [0.1, 0.15) is 30.1 Å². The minimum Gasteiger partial charge on any atom is -0.490 e. The van der Waals surface area contributed by atoms with Crippen LogP contribution in [0.25, 0.3) is 11.5 Å². The molecule has 4 heterocycles. The van der Waals surface area contributed by atoms with E-state index in [2.05, 4.69) is 25.4 Å². The zero-order chi connectivity index (χ0) is 21.9. The van der Waals surface area contributed by atoms with Gasteiger partial charge in [0.25, 0.3) is 5.91 Å². The fraction of sp³-hybridized carbons (Fsp3) is 0.391. The number of pyridine rings is 1. The van der Waals surface area contributed by atoms with Crippen molar-refractivity contribution in [3.05, 3.63) is 48.3 Å². The zero-order valence-corrected chi connectivity index (χ0v) is 18.0. The van der Waals surface area contributed by atoms with Crippen LogP contribution < -0.4 is 15.0 Å². The van der Waals surface area contributed by atoms with Crippen LogP contribution >= 0.6 is 0 Å². The van der Waals surface area contributed by atoms with Gasteiger partial charge in [-0.05, 0) is 50.1 Å². The van der Waals surface area contributed by atoms with E-state index in [1.54, 1.807) is 12.4 Å². The topological polar surface area (TPSA) is 94.4 Å². The number of amides is 1. The first-order valence-electron chi connectivity index (χ1n) is 11.0. The molecular weight excluding hydrogens is 408 g/mol. The lowest BCUT2D eigenvalue weighted by Crippen LogP contribution is -2.36. The van der Waals surface area contributed by atoms with Gasteiger partial charge in [-0.15, -0.1) is 10.2 Å². The number of aryl methyl sites for hydroxylation is 1. The summed E-state index contributed by atoms with van der Waals surface area (Å²) in [4.78, 5) is 20.1. The number of hydrogen-bond acceptors (Lipinski definition) is 7. The lowest BCUT2D eigenvalue weighted by Gasteiger charge is -2.29. The highest BCUT2D eigenvalue weighted by molar-refractivity contribution is 6.06. The summed E-state index contributed by atoms with van der Waals surface area (Å²) in [6.07, 6.45) is 3.38. The van der Waals surface area contributed by atoms with Gasteiger partial charge in [-0.1, -0.05) is 6.07 Å². The Bertz CT molecular complexity index is 1110. The molecule has 9 nitrogen and oxygen atoms in total. The molecule has 1 fully saturated rings. The second-order valence-electron chi connectivity index (χ2n) is 8.06. The Morgan fingerprint density at radius 1 is 1.12 bits per heavy atom. The molecular formula is C23H26N6O3. The number of hydrogen-bond donors (Lipinski definition) is 1. The third kappa shape index (κ3) is 4.29. The lowest BCUT2D eigenvalue weighted by atomic mass is 10.1. The summed E-state index contributed by atoms with van der Waals surface area (Å²) in [5.74, 6) is 1.45. The van der Waals surface area contributed by atoms with Crippen molar-refractivity contribution in [1.82, 2.24) is 19.7 Å². The molecule has 2 aliphatic heterocycles. The molecule has 1 aromatic carbocycles. The van der Waals surface area contributed by atoms with Gasteiger partial charge in [-0.2, -0.15) is 0 Å². The van der Waals surface area contributed by atoms with Crippen LogP contribution in [-0.4, -0.2) is 58.1 Å². The smallest absolute Gasteiger partial charge is 0.260 e. The molecule has 1 saturated heterocycles. The minimum atomic E-state index is -0.259. The first kappa shape index (κ1) is 20.4. The zero-order valence-electron chi connectivity index (χ0n) is 18.0. The van der Waals surface area contributed by atoms with Gasteiger partial charge in [0.05, 0.1) is 24.9 Å². The van der Waals surface area contributed by atoms with Crippen LogP contribution in [0.4, 0.5) is 11.5 Å². The Kier molecular flexibility index (Phi) is 5.72. The molecule has 9 heteroatoms. The fourth-order valence-electron chi connectivity index (χ4n) is 4.07. The Morgan fingerprint density at radius 3 is 2.88 bits per heavy atom. The molecule has 32 heavy (non-hydrogen) atoms. The number of aromatic nitrogens is 4. The summed E-state index contributed by atoms with van der Waals surface area (Å²) < 4.78 is 13.7. The molecule has 0 saturated carbocycles. The van der Waals surface area contributed by atoms with E-state index in [9.17, 15) is 4.79 Å². The summed E-state index contributed by atoms with van der Waals surface area (Å²) in [7, 11) is 0. The number of nitrogens with zero attached hydrogens (tertiary/aromatic N) is 5. The predicted octanol–water partition coefficient (Wildman–Crippen LogP) is 2.99. The highest BCUT2D eigenvalue weighted by atomic mass is 16.5. The number of nitrogens with one attached hydrogen (secondary N) is 1. The van der Waals surface area contributed by atoms with E-state index in [0.717, 1.165) is 38.2 Å². The van der Waals surface area contributed by atoms with Crippen molar-refractivity contribution in [2.24, 2.45) is 0 Å². The monoisotopic (exact) mass is 434 g/mol. The van der Waals surface area contributed by atoms with Crippen molar-refractivity contribution in [1.29, 1.82) is 0 Å². The van der Waals surface area contributed by atoms with Gasteiger partial charge in [0.1, 0.15) is 23.6 Å². The molecule has 166 valence electrons. The van der Waals surface area contributed by atoms with Crippen LogP contribution in [0, 0.1) is 0 Å². The second-order valence-corrected chi connectivity index (χ2v) is 8.06. The number of carbonyl (C=O) groups excluding carboxylic acids is 1. The molecule has 2 aliphatic rings. The maximum Gasteiger partial charge on any atom is 0.260 e. The number of anilines is 2. The molecule has 5 rings (SSSR count). The van der Waals surface area contributed by atoms with Gasteiger partial charge >= 0.3 is 0 Å². The first-order chi connectivity index (χ1) is 15.7. The Labute approximate surface area is 186 Å². The first-order valence-corrected chi connectivity index (χ1v) is 11.0. The van der Waals surface area contributed by atoms with E-state index in [1.165, 1.54) is 0 Å². The van der Waals surface area contributed by atoms with Crippen LogP contribution in [0.3, 0.4) is 0 Å². The van der Waals surface area contributed by atoms with E-state index >= 15 is 0 Å². The van der Waals surface area contributed by atoms with Crippen LogP contribution in [0.5, 0.6) is 5.75 Å². The van der Waals surface area contributed by atoms with Crippen LogP contribution in [0.15, 0.2) is 42.7 Å². The maximum absolute atomic E-state index is 13.3. The second kappa shape index (κ2) is 8.96. The van der Waals surface area contributed by atoms with E-state index in [0.29, 0.717) is 41.9 Å². The van der Waals surface area contributed by atoms with Gasteiger partial charge in [0.15, 0.2) is 5.82 Å². The summed E-state index contributed by atoms with van der Waals surface area (Å²) in [6, 6.07) is 11.3. The van der Waals surface area contributed by atoms with E-state index < -0.39 is 0 Å². The normalized spacial score (nSPS) is 19.2. The predicted molar refractivity (Wildman–Crippen MR) is 120 cm³/mol. The summed E-state index contributed by atoms with van der Waals surface area (Å²) in [5.41, 5.74) is 2.15. The summed E-state index contributed by atoms with van der Waals surface area (Å²) in [6.45, 7) is 5.73. The largest absolute Gasteiger partial charge is 0.490 e. The number of fused-ring (bicyclic) bond motifs is 5. The number of benzene rings is 1. The molecule has 2 bridgehead atoms. The van der Waals surface area contributed by atoms with E-state index in [1.807, 2.05) is 41.8 Å². The standard InChI is InChI=1S/C23H26N6O3/c1-16-4-3-9-29-15-24-27-22(29)19-5-2-6-21(25-19)26-23(30)18-14-17(7-8-20(18)32-16)28-10-12-31-13-11-28/h2,5-8,14-16H,3-4,9-13H2,1H3,(H,25,26,30)/t16-/m1/s1. The molecule has 1 amide bonds. The number of ether oxygens (including phenoxy) is 2. The molecule has 3 aromatic rings. The summed E-state index contributed by atoms with van der Waals surface area (Å²) >= 11 is 0. The quantitative estimate of drug-likeness (QED) is 0.629. The van der Waals surface area contributed by atoms with Gasteiger partial charge in [-0.25, -0.2) is 4.98 Å². The average Bonchev–Trinajstić information content (AvgIpc) is 3.28. The van der Waals surface area contributed by atoms with Crippen molar-refractivity contribution in [3.8, 4) is 17.3 Å². The molecule has 0 radical (unpaired) electrons. The molecule has 1 atom stereocenters. The number of carbonyl (C=O) groups is 1. The van der Waals surface area contributed by atoms with Crippen molar-refractivity contribution >= 4 is 17.4 Å². The Balaban J connectivity index is 1.52. The molecule has 0 unspecified atom stereocenters. The maximum atomic E-state index is 13.3. The number of morpholine rings is 1. The van der Waals surface area contributed by atoms with Gasteiger partial charge in [0.2, 0.25) is 0 Å². The third-order valence-electron chi connectivity index (χ3n) is 5.76. The van der Waals surface area contributed by atoms with Gasteiger partial charge < -0.3 is 24.3 Å². The lowest BCUT2D eigenvalue weighted by molar-refractivity contribution is 0.101. The van der Waals surface area contributed by atoms with E-state index in [-0.39, 0.29) is 12.0 Å². The Morgan fingerprint density at radius 2 is 2.00 bits per heavy atom. The number of rotatable bonds is 1. The van der Waals surface area contributed by atoms with Crippen molar-refractivity contribution < 1.29 is 14.3 Å². The third-order valence-corrected chi connectivity index (χ3v) is 5.76. The average molecular weight is 435 g/mol. The molecule has 2 aromatic heterocycles. The summed E-state index contributed by atoms with van der Waals surface area (Å²) in [5, 5.41) is 11.2. The fourth-order valence-corrected chi connectivity index (χ4v) is 4.07. The molecule has 1 N–H and O–H groups in total. The van der Waals surface area contributed by atoms with Gasteiger partial charge in [-0.3, -0.25) is 4.79 Å². The van der Waals surface area contributed by atoms with Crippen LogP contribution in [-0.2, 0) is 11.3 Å². The highest BCUT2D eigenvalue weighted by Gasteiger charge is 2.21. The highest BCUT2D eigenvalue weighted by Crippen LogP contribution is 2.29. The van der Waals surface area contributed by atoms with Gasteiger partial charge in [0, 0.05) is 25.3 Å². The van der Waals surface area contributed by atoms with Crippen LogP contribution in [0.2, 0.25) is 0 Å².